The average molecular weight is 403 g/mol. The molecule has 0 bridgehead atoms. The number of hydrogen-bond acceptors (Lipinski definition) is 6. The Hall–Kier alpha value is -1.84. The topological polar surface area (TPSA) is 98.8 Å². The number of amides is 1. The lowest BCUT2D eigenvalue weighted by molar-refractivity contribution is -0.134. The summed E-state index contributed by atoms with van der Waals surface area (Å²) in [5.41, 5.74) is 0.751. The molecule has 1 amide bonds. The van der Waals surface area contributed by atoms with E-state index in [0.29, 0.717) is 22.5 Å². The third-order valence-corrected chi connectivity index (χ3v) is 6.41. The maximum Gasteiger partial charge on any atom is 0.420 e. The molecule has 1 aromatic carbocycles. The van der Waals surface area contributed by atoms with Gasteiger partial charge in [0.05, 0.1) is 23.6 Å². The lowest BCUT2D eigenvalue weighted by Gasteiger charge is -2.28. The Balaban J connectivity index is 1.86. The molecule has 1 aromatic heterocycles. The second kappa shape index (κ2) is 7.42. The van der Waals surface area contributed by atoms with E-state index in [2.05, 4.69) is 0 Å². The molecule has 1 aliphatic rings. The van der Waals surface area contributed by atoms with Crippen molar-refractivity contribution in [2.75, 3.05) is 31.8 Å². The molecule has 142 valence electrons. The first-order valence-corrected chi connectivity index (χ1v) is 10.3. The fourth-order valence-corrected chi connectivity index (χ4v) is 5.03. The Labute approximate surface area is 155 Å². The maximum atomic E-state index is 12.8. The van der Waals surface area contributed by atoms with Crippen molar-refractivity contribution in [3.8, 4) is 0 Å². The first-order chi connectivity index (χ1) is 12.3. The van der Waals surface area contributed by atoms with Crippen LogP contribution in [0.3, 0.4) is 0 Å². The van der Waals surface area contributed by atoms with Gasteiger partial charge in [0.15, 0.2) is 15.4 Å². The molecule has 8 nitrogen and oxygen atoms in total. The Bertz CT molecular complexity index is 980. The highest BCUT2D eigenvalue weighted by Crippen LogP contribution is 2.20. The van der Waals surface area contributed by atoms with Gasteiger partial charge in [-0.3, -0.25) is 9.36 Å². The highest BCUT2D eigenvalue weighted by Gasteiger charge is 2.34. The molecule has 0 aliphatic carbocycles. The van der Waals surface area contributed by atoms with Gasteiger partial charge in [-0.05, 0) is 18.6 Å². The highest BCUT2D eigenvalue weighted by atomic mass is 35.5. The Morgan fingerprint density at radius 1 is 1.46 bits per heavy atom. The van der Waals surface area contributed by atoms with Gasteiger partial charge in [0, 0.05) is 30.8 Å². The standard InChI is InChI=1S/C16H19ClN2O6S/c1-24-6-5-18(12-4-7-26(22,23)10-12)15(20)9-19-13-3-2-11(17)8-14(13)25-16(19)21/h2-3,8,12H,4-7,9-10H2,1H3/t12-/m1/s1. The van der Waals surface area contributed by atoms with Gasteiger partial charge >= 0.3 is 5.76 Å². The fraction of sp³-hybridized carbons (Fsp3) is 0.500. The van der Waals surface area contributed by atoms with Gasteiger partial charge in [0.2, 0.25) is 5.91 Å². The molecule has 0 saturated carbocycles. The van der Waals surface area contributed by atoms with E-state index in [1.165, 1.54) is 22.6 Å². The van der Waals surface area contributed by atoms with Gasteiger partial charge in [-0.25, -0.2) is 13.2 Å². The van der Waals surface area contributed by atoms with E-state index in [4.69, 9.17) is 20.8 Å². The van der Waals surface area contributed by atoms with Crippen molar-refractivity contribution in [1.29, 1.82) is 0 Å². The summed E-state index contributed by atoms with van der Waals surface area (Å²) in [4.78, 5) is 26.4. The highest BCUT2D eigenvalue weighted by molar-refractivity contribution is 7.91. The number of hydrogen-bond donors (Lipinski definition) is 0. The minimum atomic E-state index is -3.15. The van der Waals surface area contributed by atoms with E-state index < -0.39 is 21.6 Å². The summed E-state index contributed by atoms with van der Waals surface area (Å²) in [6.07, 6.45) is 0.383. The van der Waals surface area contributed by atoms with Gasteiger partial charge in [-0.1, -0.05) is 11.6 Å². The zero-order valence-corrected chi connectivity index (χ0v) is 15.8. The number of nitrogens with zero attached hydrogens (tertiary/aromatic N) is 2. The SMILES string of the molecule is COCCN(C(=O)Cn1c(=O)oc2cc(Cl)ccc21)[C@@H]1CCS(=O)(=O)C1. The second-order valence-corrected chi connectivity index (χ2v) is 8.87. The van der Waals surface area contributed by atoms with Crippen LogP contribution in [0, 0.1) is 0 Å². The quantitative estimate of drug-likeness (QED) is 0.712. The van der Waals surface area contributed by atoms with Crippen LogP contribution in [0.5, 0.6) is 0 Å². The summed E-state index contributed by atoms with van der Waals surface area (Å²) in [6, 6.07) is 4.30. The average Bonchev–Trinajstić information content (AvgIpc) is 3.07. The maximum absolute atomic E-state index is 12.8. The zero-order chi connectivity index (χ0) is 18.9. The lowest BCUT2D eigenvalue weighted by atomic mass is 10.2. The molecule has 0 radical (unpaired) electrons. The zero-order valence-electron chi connectivity index (χ0n) is 14.2. The molecule has 0 N–H and O–H groups in total. The third-order valence-electron chi connectivity index (χ3n) is 4.43. The summed E-state index contributed by atoms with van der Waals surface area (Å²) in [5, 5.41) is 0.419. The summed E-state index contributed by atoms with van der Waals surface area (Å²) < 4.78 is 34.9. The summed E-state index contributed by atoms with van der Waals surface area (Å²) in [6.45, 7) is 0.290. The van der Waals surface area contributed by atoms with E-state index in [-0.39, 0.29) is 37.1 Å². The lowest BCUT2D eigenvalue weighted by Crippen LogP contribution is -2.45. The molecule has 2 heterocycles. The number of ether oxygens (including phenoxy) is 1. The van der Waals surface area contributed by atoms with Crippen molar-refractivity contribution in [2.45, 2.75) is 19.0 Å². The van der Waals surface area contributed by atoms with Gasteiger partial charge < -0.3 is 14.1 Å². The van der Waals surface area contributed by atoms with Crippen molar-refractivity contribution >= 4 is 38.4 Å². The number of carbonyl (C=O) groups excluding carboxylic acids is 1. The molecule has 1 aliphatic heterocycles. The van der Waals surface area contributed by atoms with E-state index >= 15 is 0 Å². The third kappa shape index (κ3) is 3.94. The van der Waals surface area contributed by atoms with Gasteiger partial charge in [-0.2, -0.15) is 0 Å². The number of rotatable bonds is 6. The van der Waals surface area contributed by atoms with Crippen LogP contribution in [0.15, 0.2) is 27.4 Å². The first-order valence-electron chi connectivity index (χ1n) is 8.08. The van der Waals surface area contributed by atoms with E-state index in [9.17, 15) is 18.0 Å². The normalized spacial score (nSPS) is 19.1. The van der Waals surface area contributed by atoms with Crippen LogP contribution in [0.2, 0.25) is 5.02 Å². The van der Waals surface area contributed by atoms with Crippen molar-refractivity contribution < 1.29 is 22.4 Å². The van der Waals surface area contributed by atoms with Crippen molar-refractivity contribution in [3.63, 3.8) is 0 Å². The molecule has 1 atom stereocenters. The molecule has 0 unspecified atom stereocenters. The van der Waals surface area contributed by atoms with Crippen LogP contribution in [0.4, 0.5) is 0 Å². The Kier molecular flexibility index (Phi) is 5.40. The summed E-state index contributed by atoms with van der Waals surface area (Å²) >= 11 is 5.89. The van der Waals surface area contributed by atoms with Gasteiger partial charge in [0.25, 0.3) is 0 Å². The minimum absolute atomic E-state index is 0.0571. The number of sulfone groups is 1. The van der Waals surface area contributed by atoms with Crippen LogP contribution < -0.4 is 5.76 Å². The molecule has 2 aromatic rings. The molecule has 10 heteroatoms. The van der Waals surface area contributed by atoms with E-state index in [1.807, 2.05) is 0 Å². The van der Waals surface area contributed by atoms with Crippen LogP contribution in [-0.2, 0) is 25.9 Å². The smallest absolute Gasteiger partial charge is 0.408 e. The van der Waals surface area contributed by atoms with Gasteiger partial charge in [0.1, 0.15) is 6.54 Å². The first kappa shape index (κ1) is 18.9. The predicted octanol–water partition coefficient (Wildman–Crippen LogP) is 0.910. The second-order valence-electron chi connectivity index (χ2n) is 6.20. The van der Waals surface area contributed by atoms with Crippen molar-refractivity contribution in [2.24, 2.45) is 0 Å². The molecule has 1 fully saturated rings. The predicted molar refractivity (Wildman–Crippen MR) is 96.1 cm³/mol. The number of halogens is 1. The largest absolute Gasteiger partial charge is 0.420 e. The number of oxazole rings is 1. The van der Waals surface area contributed by atoms with Crippen molar-refractivity contribution in [1.82, 2.24) is 9.47 Å². The molecule has 26 heavy (non-hydrogen) atoms. The van der Waals surface area contributed by atoms with E-state index in [0.717, 1.165) is 0 Å². The monoisotopic (exact) mass is 402 g/mol. The molecular formula is C16H19ClN2O6S. The van der Waals surface area contributed by atoms with Gasteiger partial charge in [-0.15, -0.1) is 0 Å². The van der Waals surface area contributed by atoms with Crippen molar-refractivity contribution in [3.05, 3.63) is 33.8 Å². The fourth-order valence-electron chi connectivity index (χ4n) is 3.14. The minimum Gasteiger partial charge on any atom is -0.408 e. The van der Waals surface area contributed by atoms with Crippen LogP contribution >= 0.6 is 11.6 Å². The Morgan fingerprint density at radius 3 is 2.88 bits per heavy atom. The van der Waals surface area contributed by atoms with E-state index in [1.54, 1.807) is 12.1 Å². The number of benzene rings is 1. The molecule has 0 spiro atoms. The molecule has 1 saturated heterocycles. The molecular weight excluding hydrogens is 384 g/mol. The molecule has 3 rings (SSSR count). The van der Waals surface area contributed by atoms with Crippen LogP contribution in [-0.4, -0.2) is 61.6 Å². The number of aromatic nitrogens is 1. The number of carbonyl (C=O) groups is 1. The number of methoxy groups -OCH3 is 1. The van der Waals surface area contributed by atoms with Crippen LogP contribution in [0.25, 0.3) is 11.1 Å². The number of fused-ring (bicyclic) bond motifs is 1. The van der Waals surface area contributed by atoms with Crippen LogP contribution in [0.1, 0.15) is 6.42 Å². The summed E-state index contributed by atoms with van der Waals surface area (Å²) in [5.74, 6) is -1.04. The Morgan fingerprint density at radius 2 is 2.23 bits per heavy atom. The summed E-state index contributed by atoms with van der Waals surface area (Å²) in [7, 11) is -1.64.